The first-order valence-corrected chi connectivity index (χ1v) is 10.9. The number of carbonyl (C=O) groups is 2. The van der Waals surface area contributed by atoms with E-state index in [2.05, 4.69) is 10.3 Å². The first kappa shape index (κ1) is 19.9. The van der Waals surface area contributed by atoms with Gasteiger partial charge in [0.05, 0.1) is 16.4 Å². The van der Waals surface area contributed by atoms with Crippen molar-refractivity contribution in [3.8, 4) is 0 Å². The standard InChI is InChI=1S/C18H17N3O5S2/c1-2-28(24,25)13-7-8-15-14(9-13)21-18(26-15)27-10-16(22)20-12-5-3-11(4-6-12)17(19)23/h3-9H,2,10H2,1H3,(H2,19,23)(H,20,22). The zero-order valence-electron chi connectivity index (χ0n) is 14.8. The van der Waals surface area contributed by atoms with Gasteiger partial charge in [0.15, 0.2) is 15.4 Å². The number of nitrogens with two attached hydrogens (primary N) is 1. The minimum Gasteiger partial charge on any atom is -0.431 e. The lowest BCUT2D eigenvalue weighted by atomic mass is 10.2. The van der Waals surface area contributed by atoms with Crippen molar-refractivity contribution < 1.29 is 22.4 Å². The number of primary amides is 1. The van der Waals surface area contributed by atoms with Crippen LogP contribution in [0.3, 0.4) is 0 Å². The first-order valence-electron chi connectivity index (χ1n) is 8.24. The van der Waals surface area contributed by atoms with Crippen molar-refractivity contribution in [3.63, 3.8) is 0 Å². The van der Waals surface area contributed by atoms with Crippen LogP contribution in [-0.2, 0) is 14.6 Å². The van der Waals surface area contributed by atoms with Gasteiger partial charge in [0, 0.05) is 11.3 Å². The molecule has 0 fully saturated rings. The number of sulfone groups is 1. The monoisotopic (exact) mass is 419 g/mol. The molecule has 0 atom stereocenters. The number of rotatable bonds is 7. The molecular formula is C18H17N3O5S2. The van der Waals surface area contributed by atoms with E-state index in [1.807, 2.05) is 0 Å². The molecule has 10 heteroatoms. The van der Waals surface area contributed by atoms with Gasteiger partial charge in [-0.25, -0.2) is 13.4 Å². The van der Waals surface area contributed by atoms with E-state index < -0.39 is 15.7 Å². The number of thioether (sulfide) groups is 1. The number of fused-ring (bicyclic) bond motifs is 1. The van der Waals surface area contributed by atoms with Crippen LogP contribution in [0.1, 0.15) is 17.3 Å². The van der Waals surface area contributed by atoms with Crippen LogP contribution in [-0.4, -0.2) is 36.7 Å². The molecule has 0 saturated carbocycles. The summed E-state index contributed by atoms with van der Waals surface area (Å²) in [5.74, 6) is -0.782. The van der Waals surface area contributed by atoms with Gasteiger partial charge in [0.25, 0.3) is 5.22 Å². The molecule has 0 bridgehead atoms. The number of benzene rings is 2. The van der Waals surface area contributed by atoms with Crippen LogP contribution < -0.4 is 11.1 Å². The predicted molar refractivity (Wildman–Crippen MR) is 106 cm³/mol. The summed E-state index contributed by atoms with van der Waals surface area (Å²) in [4.78, 5) is 27.5. The number of aromatic nitrogens is 1. The van der Waals surface area contributed by atoms with Crippen LogP contribution in [0.2, 0.25) is 0 Å². The molecule has 8 nitrogen and oxygen atoms in total. The van der Waals surface area contributed by atoms with Crippen molar-refractivity contribution in [2.45, 2.75) is 17.0 Å². The Bertz CT molecular complexity index is 1140. The number of hydrogen-bond acceptors (Lipinski definition) is 7. The van der Waals surface area contributed by atoms with Crippen molar-refractivity contribution in [1.29, 1.82) is 0 Å². The van der Waals surface area contributed by atoms with Gasteiger partial charge in [0.1, 0.15) is 5.52 Å². The maximum atomic E-state index is 12.1. The lowest BCUT2D eigenvalue weighted by Crippen LogP contribution is -2.15. The molecule has 0 aliphatic rings. The lowest BCUT2D eigenvalue weighted by molar-refractivity contribution is -0.113. The molecule has 3 rings (SSSR count). The Hall–Kier alpha value is -2.85. The van der Waals surface area contributed by atoms with Gasteiger partial charge in [-0.2, -0.15) is 0 Å². The predicted octanol–water partition coefficient (Wildman–Crippen LogP) is 2.45. The Morgan fingerprint density at radius 2 is 1.89 bits per heavy atom. The summed E-state index contributed by atoms with van der Waals surface area (Å²) >= 11 is 1.09. The summed E-state index contributed by atoms with van der Waals surface area (Å²) in [7, 11) is -3.33. The Balaban J connectivity index is 1.64. The lowest BCUT2D eigenvalue weighted by Gasteiger charge is -2.04. The zero-order valence-corrected chi connectivity index (χ0v) is 16.5. The van der Waals surface area contributed by atoms with Crippen molar-refractivity contribution in [2.24, 2.45) is 5.73 Å². The number of anilines is 1. The maximum absolute atomic E-state index is 12.1. The van der Waals surface area contributed by atoms with Crippen molar-refractivity contribution in [2.75, 3.05) is 16.8 Å². The van der Waals surface area contributed by atoms with Crippen molar-refractivity contribution in [3.05, 3.63) is 48.0 Å². The number of carbonyl (C=O) groups excluding carboxylic acids is 2. The molecule has 2 amide bonds. The van der Waals surface area contributed by atoms with E-state index in [1.54, 1.807) is 25.1 Å². The molecule has 2 aromatic carbocycles. The fourth-order valence-electron chi connectivity index (χ4n) is 2.35. The molecule has 0 aliphatic heterocycles. The van der Waals surface area contributed by atoms with Gasteiger partial charge in [-0.3, -0.25) is 9.59 Å². The quantitative estimate of drug-likeness (QED) is 0.562. The van der Waals surface area contributed by atoms with Gasteiger partial charge in [-0.1, -0.05) is 18.7 Å². The average molecular weight is 419 g/mol. The second-order valence-corrected chi connectivity index (χ2v) is 9.00. The minimum absolute atomic E-state index is 0.00143. The summed E-state index contributed by atoms with van der Waals surface area (Å²) < 4.78 is 29.5. The minimum atomic E-state index is -3.33. The van der Waals surface area contributed by atoms with Crippen molar-refractivity contribution in [1.82, 2.24) is 4.98 Å². The molecular weight excluding hydrogens is 402 g/mol. The van der Waals surface area contributed by atoms with E-state index in [1.165, 1.54) is 24.3 Å². The highest BCUT2D eigenvalue weighted by Gasteiger charge is 2.15. The molecule has 1 heterocycles. The summed E-state index contributed by atoms with van der Waals surface area (Å²) in [6.45, 7) is 1.57. The Kier molecular flexibility index (Phi) is 5.71. The van der Waals surface area contributed by atoms with Crippen LogP contribution in [0.4, 0.5) is 5.69 Å². The summed E-state index contributed by atoms with van der Waals surface area (Å²) in [5.41, 5.74) is 6.91. The third kappa shape index (κ3) is 4.52. The van der Waals surface area contributed by atoms with Crippen molar-refractivity contribution >= 4 is 50.2 Å². The maximum Gasteiger partial charge on any atom is 0.257 e. The molecule has 146 valence electrons. The fourth-order valence-corrected chi connectivity index (χ4v) is 3.89. The van der Waals surface area contributed by atoms with Crippen LogP contribution in [0.15, 0.2) is 57.0 Å². The summed E-state index contributed by atoms with van der Waals surface area (Å²) in [6.07, 6.45) is 0. The van der Waals surface area contributed by atoms with E-state index in [-0.39, 0.29) is 27.5 Å². The van der Waals surface area contributed by atoms with E-state index in [0.29, 0.717) is 22.4 Å². The van der Waals surface area contributed by atoms with Crippen LogP contribution in [0.5, 0.6) is 0 Å². The van der Waals surface area contributed by atoms with Gasteiger partial charge in [-0.15, -0.1) is 0 Å². The molecule has 28 heavy (non-hydrogen) atoms. The molecule has 0 saturated heterocycles. The SMILES string of the molecule is CCS(=O)(=O)c1ccc2oc(SCC(=O)Nc3ccc(C(N)=O)cc3)nc2c1. The van der Waals surface area contributed by atoms with Crippen LogP contribution in [0, 0.1) is 0 Å². The number of nitrogens with zero attached hydrogens (tertiary/aromatic N) is 1. The Morgan fingerprint density at radius 1 is 1.18 bits per heavy atom. The van der Waals surface area contributed by atoms with Gasteiger partial charge < -0.3 is 15.5 Å². The largest absolute Gasteiger partial charge is 0.431 e. The highest BCUT2D eigenvalue weighted by molar-refractivity contribution is 7.99. The molecule has 1 aromatic heterocycles. The Labute approximate surface area is 165 Å². The van der Waals surface area contributed by atoms with E-state index in [0.717, 1.165) is 11.8 Å². The Morgan fingerprint density at radius 3 is 2.54 bits per heavy atom. The number of hydrogen-bond donors (Lipinski definition) is 2. The third-order valence-electron chi connectivity index (χ3n) is 3.86. The van der Waals surface area contributed by atoms with Crippen LogP contribution >= 0.6 is 11.8 Å². The zero-order chi connectivity index (χ0) is 20.3. The molecule has 3 aromatic rings. The fraction of sp³-hybridized carbons (Fsp3) is 0.167. The normalized spacial score (nSPS) is 11.5. The molecule has 3 N–H and O–H groups in total. The van der Waals surface area contributed by atoms with Gasteiger partial charge in [-0.05, 0) is 42.5 Å². The number of oxazole rings is 1. The molecule has 0 radical (unpaired) electrons. The molecule has 0 spiro atoms. The second-order valence-electron chi connectivity index (χ2n) is 5.79. The average Bonchev–Trinajstić information content (AvgIpc) is 3.09. The second kappa shape index (κ2) is 8.03. The smallest absolute Gasteiger partial charge is 0.257 e. The highest BCUT2D eigenvalue weighted by atomic mass is 32.2. The van der Waals surface area contributed by atoms with E-state index in [9.17, 15) is 18.0 Å². The molecule has 0 aliphatic carbocycles. The summed E-state index contributed by atoms with van der Waals surface area (Å²) in [6, 6.07) is 10.7. The summed E-state index contributed by atoms with van der Waals surface area (Å²) in [5, 5.41) is 2.95. The van der Waals surface area contributed by atoms with Gasteiger partial charge >= 0.3 is 0 Å². The number of amides is 2. The first-order chi connectivity index (χ1) is 13.3. The van der Waals surface area contributed by atoms with E-state index in [4.69, 9.17) is 10.2 Å². The highest BCUT2D eigenvalue weighted by Crippen LogP contribution is 2.26. The number of nitrogens with one attached hydrogen (secondary N) is 1. The molecule has 0 unspecified atom stereocenters. The van der Waals surface area contributed by atoms with Gasteiger partial charge in [0.2, 0.25) is 11.8 Å². The van der Waals surface area contributed by atoms with E-state index >= 15 is 0 Å². The third-order valence-corrected chi connectivity index (χ3v) is 6.42. The topological polar surface area (TPSA) is 132 Å². The van der Waals surface area contributed by atoms with Crippen LogP contribution in [0.25, 0.3) is 11.1 Å².